The largest absolute Gasteiger partial charge is 0.385 e. The van der Waals surface area contributed by atoms with Crippen LogP contribution in [0.1, 0.15) is 25.3 Å². The van der Waals surface area contributed by atoms with Gasteiger partial charge in [0.2, 0.25) is 0 Å². The van der Waals surface area contributed by atoms with Gasteiger partial charge in [-0.05, 0) is 6.42 Å². The van der Waals surface area contributed by atoms with Gasteiger partial charge in [-0.15, -0.1) is 10.2 Å². The van der Waals surface area contributed by atoms with Crippen LogP contribution < -0.4 is 0 Å². The Hall–Kier alpha value is -0.900. The molecule has 1 unspecified atom stereocenters. The lowest BCUT2D eigenvalue weighted by molar-refractivity contribution is 0.160. The van der Waals surface area contributed by atoms with Crippen LogP contribution in [0.2, 0.25) is 0 Å². The van der Waals surface area contributed by atoms with Gasteiger partial charge in [0.15, 0.2) is 5.82 Å². The minimum Gasteiger partial charge on any atom is -0.385 e. The summed E-state index contributed by atoms with van der Waals surface area (Å²) in [4.78, 5) is 0. The van der Waals surface area contributed by atoms with E-state index in [4.69, 9.17) is 0 Å². The van der Waals surface area contributed by atoms with Gasteiger partial charge in [-0.1, -0.05) is 6.92 Å². The number of nitrogens with zero attached hydrogens (tertiary/aromatic N) is 3. The third-order valence-corrected chi connectivity index (χ3v) is 1.43. The number of aliphatic hydroxyl groups is 1. The topological polar surface area (TPSA) is 50.9 Å². The number of hydrogen-bond donors (Lipinski definition) is 1. The molecular weight excluding hydrogens is 130 g/mol. The molecular formula is C6H11N3O. The van der Waals surface area contributed by atoms with E-state index in [9.17, 15) is 5.11 Å². The van der Waals surface area contributed by atoms with Gasteiger partial charge in [-0.2, -0.15) is 0 Å². The SMILES string of the molecule is CCC(O)c1nncn1C. The van der Waals surface area contributed by atoms with E-state index in [-0.39, 0.29) is 0 Å². The highest BCUT2D eigenvalue weighted by Gasteiger charge is 2.09. The molecule has 0 spiro atoms. The molecule has 0 saturated heterocycles. The summed E-state index contributed by atoms with van der Waals surface area (Å²) in [6.45, 7) is 1.90. The first kappa shape index (κ1) is 7.21. The number of aliphatic hydroxyl groups excluding tert-OH is 1. The lowest BCUT2D eigenvalue weighted by Crippen LogP contribution is -2.03. The molecule has 0 aromatic carbocycles. The van der Waals surface area contributed by atoms with Crippen LogP contribution in [-0.2, 0) is 7.05 Å². The molecule has 4 heteroatoms. The highest BCUT2D eigenvalue weighted by Crippen LogP contribution is 2.10. The van der Waals surface area contributed by atoms with Crippen LogP contribution in [-0.4, -0.2) is 19.9 Å². The predicted octanol–water partition coefficient (Wildman–Crippen LogP) is 0.259. The fraction of sp³-hybridized carbons (Fsp3) is 0.667. The van der Waals surface area contributed by atoms with Crippen molar-refractivity contribution in [1.82, 2.24) is 14.8 Å². The first-order chi connectivity index (χ1) is 4.75. The molecule has 10 heavy (non-hydrogen) atoms. The van der Waals surface area contributed by atoms with Crippen molar-refractivity contribution in [2.75, 3.05) is 0 Å². The van der Waals surface area contributed by atoms with E-state index < -0.39 is 6.10 Å². The summed E-state index contributed by atoms with van der Waals surface area (Å²) < 4.78 is 1.72. The van der Waals surface area contributed by atoms with Gasteiger partial charge < -0.3 is 9.67 Å². The van der Waals surface area contributed by atoms with Crippen molar-refractivity contribution in [3.05, 3.63) is 12.2 Å². The summed E-state index contributed by atoms with van der Waals surface area (Å²) in [6, 6.07) is 0. The van der Waals surface area contributed by atoms with Crippen LogP contribution in [0.4, 0.5) is 0 Å². The Kier molecular flexibility index (Phi) is 2.01. The maximum Gasteiger partial charge on any atom is 0.161 e. The summed E-state index contributed by atoms with van der Waals surface area (Å²) in [5.74, 6) is 0.627. The van der Waals surface area contributed by atoms with Gasteiger partial charge in [0.25, 0.3) is 0 Å². The second-order valence-corrected chi connectivity index (χ2v) is 2.22. The zero-order valence-electron chi connectivity index (χ0n) is 6.15. The van der Waals surface area contributed by atoms with Gasteiger partial charge in [0, 0.05) is 7.05 Å². The number of aromatic nitrogens is 3. The monoisotopic (exact) mass is 141 g/mol. The first-order valence-corrected chi connectivity index (χ1v) is 3.27. The Labute approximate surface area is 59.5 Å². The van der Waals surface area contributed by atoms with Gasteiger partial charge in [0.05, 0.1) is 0 Å². The van der Waals surface area contributed by atoms with E-state index >= 15 is 0 Å². The predicted molar refractivity (Wildman–Crippen MR) is 36.3 cm³/mol. The van der Waals surface area contributed by atoms with Crippen LogP contribution in [0.5, 0.6) is 0 Å². The number of hydrogen-bond acceptors (Lipinski definition) is 3. The van der Waals surface area contributed by atoms with E-state index in [1.807, 2.05) is 14.0 Å². The molecule has 1 N–H and O–H groups in total. The molecule has 0 aliphatic heterocycles. The standard InChI is InChI=1S/C6H11N3O/c1-3-5(10)6-8-7-4-9(6)2/h4-5,10H,3H2,1-2H3. The molecule has 1 aromatic rings. The van der Waals surface area contributed by atoms with Crippen LogP contribution in [0, 0.1) is 0 Å². The summed E-state index contributed by atoms with van der Waals surface area (Å²) in [5, 5.41) is 16.7. The second-order valence-electron chi connectivity index (χ2n) is 2.22. The van der Waals surface area contributed by atoms with Crippen LogP contribution in [0.25, 0.3) is 0 Å². The smallest absolute Gasteiger partial charge is 0.161 e. The maximum atomic E-state index is 9.28. The number of aryl methyl sites for hydroxylation is 1. The first-order valence-electron chi connectivity index (χ1n) is 3.27. The summed E-state index contributed by atoms with van der Waals surface area (Å²) >= 11 is 0. The van der Waals surface area contributed by atoms with Crippen molar-refractivity contribution in [3.63, 3.8) is 0 Å². The van der Waals surface area contributed by atoms with E-state index in [1.54, 1.807) is 10.9 Å². The summed E-state index contributed by atoms with van der Waals surface area (Å²) in [5.41, 5.74) is 0. The molecule has 1 rings (SSSR count). The van der Waals surface area contributed by atoms with Crippen molar-refractivity contribution in [2.24, 2.45) is 7.05 Å². The molecule has 0 amide bonds. The third kappa shape index (κ3) is 1.16. The molecule has 0 saturated carbocycles. The van der Waals surface area contributed by atoms with E-state index in [0.717, 1.165) is 0 Å². The molecule has 1 atom stereocenters. The molecule has 0 radical (unpaired) electrons. The average molecular weight is 141 g/mol. The fourth-order valence-electron chi connectivity index (χ4n) is 0.776. The van der Waals surface area contributed by atoms with E-state index in [0.29, 0.717) is 12.2 Å². The minimum absolute atomic E-state index is 0.479. The molecule has 56 valence electrons. The Balaban J connectivity index is 2.82. The van der Waals surface area contributed by atoms with Crippen LogP contribution in [0.3, 0.4) is 0 Å². The molecule has 1 heterocycles. The lowest BCUT2D eigenvalue weighted by Gasteiger charge is -2.04. The quantitative estimate of drug-likeness (QED) is 0.642. The third-order valence-electron chi connectivity index (χ3n) is 1.43. The van der Waals surface area contributed by atoms with Crippen molar-refractivity contribution >= 4 is 0 Å². The maximum absolute atomic E-state index is 9.28. The lowest BCUT2D eigenvalue weighted by atomic mass is 10.3. The zero-order chi connectivity index (χ0) is 7.56. The van der Waals surface area contributed by atoms with Crippen molar-refractivity contribution in [1.29, 1.82) is 0 Å². The van der Waals surface area contributed by atoms with E-state index in [1.165, 1.54) is 0 Å². The highest BCUT2D eigenvalue weighted by molar-refractivity contribution is 4.88. The normalized spacial score (nSPS) is 13.5. The zero-order valence-corrected chi connectivity index (χ0v) is 6.15. The van der Waals surface area contributed by atoms with Gasteiger partial charge in [-0.3, -0.25) is 0 Å². The van der Waals surface area contributed by atoms with Crippen molar-refractivity contribution in [2.45, 2.75) is 19.4 Å². The summed E-state index contributed by atoms with van der Waals surface area (Å²) in [7, 11) is 1.81. The van der Waals surface area contributed by atoms with Crippen molar-refractivity contribution in [3.8, 4) is 0 Å². The molecule has 4 nitrogen and oxygen atoms in total. The summed E-state index contributed by atoms with van der Waals surface area (Å²) in [6.07, 6.45) is 1.77. The molecule has 0 bridgehead atoms. The molecule has 0 aliphatic carbocycles. The Morgan fingerprint density at radius 2 is 2.50 bits per heavy atom. The minimum atomic E-state index is -0.479. The molecule has 0 aliphatic rings. The average Bonchev–Trinajstić information content (AvgIpc) is 2.34. The van der Waals surface area contributed by atoms with Gasteiger partial charge in [-0.25, -0.2) is 0 Å². The van der Waals surface area contributed by atoms with Gasteiger partial charge >= 0.3 is 0 Å². The Bertz CT molecular complexity index is 209. The highest BCUT2D eigenvalue weighted by atomic mass is 16.3. The molecule has 0 fully saturated rings. The van der Waals surface area contributed by atoms with E-state index in [2.05, 4.69) is 10.2 Å². The van der Waals surface area contributed by atoms with Crippen LogP contribution in [0.15, 0.2) is 6.33 Å². The van der Waals surface area contributed by atoms with Crippen LogP contribution >= 0.6 is 0 Å². The van der Waals surface area contributed by atoms with Crippen molar-refractivity contribution < 1.29 is 5.11 Å². The molecule has 1 aromatic heterocycles. The second kappa shape index (κ2) is 2.79. The fourth-order valence-corrected chi connectivity index (χ4v) is 0.776. The Morgan fingerprint density at radius 1 is 1.80 bits per heavy atom. The van der Waals surface area contributed by atoms with Gasteiger partial charge in [0.1, 0.15) is 12.4 Å². The number of rotatable bonds is 2. The Morgan fingerprint density at radius 3 is 2.90 bits per heavy atom.